The number of aliphatic carboxylic acids is 1. The fraction of sp³-hybridized carbons (Fsp3) is 0.846. The first-order valence-corrected chi connectivity index (χ1v) is 7.05. The van der Waals surface area contributed by atoms with Crippen molar-refractivity contribution in [1.82, 2.24) is 9.80 Å². The molecule has 1 fully saturated rings. The number of rotatable bonds is 8. The molecule has 0 saturated carbocycles. The Hall–Kier alpha value is -1.14. The summed E-state index contributed by atoms with van der Waals surface area (Å²) < 4.78 is 0. The third kappa shape index (κ3) is 6.54. The minimum atomic E-state index is -0.765. The van der Waals surface area contributed by atoms with Crippen molar-refractivity contribution >= 4 is 11.9 Å². The average molecular weight is 271 g/mol. The van der Waals surface area contributed by atoms with Crippen LogP contribution < -0.4 is 5.73 Å². The number of carbonyl (C=O) groups is 2. The zero-order valence-electron chi connectivity index (χ0n) is 11.5. The lowest BCUT2D eigenvalue weighted by atomic mass is 10.1. The number of hydrogen-bond acceptors (Lipinski definition) is 4. The molecule has 1 aliphatic rings. The van der Waals surface area contributed by atoms with Gasteiger partial charge in [-0.2, -0.15) is 0 Å². The monoisotopic (exact) mass is 271 g/mol. The molecule has 1 aliphatic heterocycles. The molecule has 1 amide bonds. The number of nitrogens with zero attached hydrogens (tertiary/aromatic N) is 2. The molecule has 0 radical (unpaired) electrons. The third-order valence-electron chi connectivity index (χ3n) is 3.46. The third-order valence-corrected chi connectivity index (χ3v) is 3.46. The second-order valence-electron chi connectivity index (χ2n) is 4.97. The van der Waals surface area contributed by atoms with E-state index in [1.807, 2.05) is 4.90 Å². The molecule has 110 valence electrons. The topological polar surface area (TPSA) is 86.9 Å². The Morgan fingerprint density at radius 2 is 1.68 bits per heavy atom. The molecule has 3 N–H and O–H groups in total. The molecule has 19 heavy (non-hydrogen) atoms. The van der Waals surface area contributed by atoms with E-state index in [1.165, 1.54) is 0 Å². The molecule has 6 heteroatoms. The molecule has 0 atom stereocenters. The summed E-state index contributed by atoms with van der Waals surface area (Å²) in [6.07, 6.45) is 3.69. The number of piperazine rings is 1. The Bertz CT molecular complexity index is 289. The first-order chi connectivity index (χ1) is 9.13. The summed E-state index contributed by atoms with van der Waals surface area (Å²) >= 11 is 0. The summed E-state index contributed by atoms with van der Waals surface area (Å²) in [7, 11) is 0. The van der Waals surface area contributed by atoms with Crippen LogP contribution in [-0.2, 0) is 9.59 Å². The van der Waals surface area contributed by atoms with Gasteiger partial charge in [0.1, 0.15) is 0 Å². The molecule has 0 unspecified atom stereocenters. The van der Waals surface area contributed by atoms with Gasteiger partial charge in [0.2, 0.25) is 5.91 Å². The molecule has 0 aromatic heterocycles. The van der Waals surface area contributed by atoms with Gasteiger partial charge >= 0.3 is 5.97 Å². The van der Waals surface area contributed by atoms with Crippen LogP contribution in [0.25, 0.3) is 0 Å². The number of unbranched alkanes of at least 4 members (excludes halogenated alkanes) is 2. The Morgan fingerprint density at radius 3 is 2.26 bits per heavy atom. The molecular weight excluding hydrogens is 246 g/mol. The summed E-state index contributed by atoms with van der Waals surface area (Å²) in [6, 6.07) is 0. The largest absolute Gasteiger partial charge is 0.481 e. The van der Waals surface area contributed by atoms with Gasteiger partial charge in [-0.1, -0.05) is 6.42 Å². The summed E-state index contributed by atoms with van der Waals surface area (Å²) in [5.41, 5.74) is 5.41. The van der Waals surface area contributed by atoms with E-state index in [0.29, 0.717) is 19.5 Å². The minimum Gasteiger partial charge on any atom is -0.481 e. The van der Waals surface area contributed by atoms with Crippen LogP contribution in [0.3, 0.4) is 0 Å². The summed E-state index contributed by atoms with van der Waals surface area (Å²) in [5.74, 6) is -0.548. The second kappa shape index (κ2) is 8.87. The smallest absolute Gasteiger partial charge is 0.304 e. The van der Waals surface area contributed by atoms with Gasteiger partial charge in [0, 0.05) is 39.1 Å². The number of carbonyl (C=O) groups excluding carboxylic acids is 1. The lowest BCUT2D eigenvalue weighted by Gasteiger charge is -2.34. The molecule has 0 aromatic carbocycles. The van der Waals surface area contributed by atoms with Crippen LogP contribution in [0.15, 0.2) is 0 Å². The highest BCUT2D eigenvalue weighted by Gasteiger charge is 2.20. The number of amides is 1. The fourth-order valence-corrected chi connectivity index (χ4v) is 2.23. The summed E-state index contributed by atoms with van der Waals surface area (Å²) in [6.45, 7) is 4.26. The van der Waals surface area contributed by atoms with Gasteiger partial charge in [-0.3, -0.25) is 14.5 Å². The average Bonchev–Trinajstić information content (AvgIpc) is 2.41. The van der Waals surface area contributed by atoms with Gasteiger partial charge in [-0.25, -0.2) is 0 Å². The van der Waals surface area contributed by atoms with Crippen LogP contribution in [0.1, 0.15) is 32.1 Å². The van der Waals surface area contributed by atoms with Crippen molar-refractivity contribution in [2.75, 3.05) is 39.3 Å². The maximum absolute atomic E-state index is 11.9. The standard InChI is InChI=1S/C13H25N3O3/c14-6-3-1-2-4-12(17)16-10-8-15(9-11-16)7-5-13(18)19/h1-11,14H2,(H,18,19). The maximum atomic E-state index is 11.9. The molecule has 1 saturated heterocycles. The van der Waals surface area contributed by atoms with Gasteiger partial charge in [-0.15, -0.1) is 0 Å². The Morgan fingerprint density at radius 1 is 1.00 bits per heavy atom. The van der Waals surface area contributed by atoms with Crippen LogP contribution in [0.4, 0.5) is 0 Å². The van der Waals surface area contributed by atoms with Crippen molar-refractivity contribution in [3.8, 4) is 0 Å². The molecule has 1 heterocycles. The van der Waals surface area contributed by atoms with Gasteiger partial charge in [0.05, 0.1) is 6.42 Å². The van der Waals surface area contributed by atoms with Crippen LogP contribution in [-0.4, -0.2) is 66.1 Å². The van der Waals surface area contributed by atoms with Crippen LogP contribution in [0.2, 0.25) is 0 Å². The predicted octanol–water partition coefficient (Wildman–Crippen LogP) is 0.124. The van der Waals surface area contributed by atoms with Crippen molar-refractivity contribution in [2.24, 2.45) is 5.73 Å². The fourth-order valence-electron chi connectivity index (χ4n) is 2.23. The van der Waals surface area contributed by atoms with Crippen molar-refractivity contribution in [2.45, 2.75) is 32.1 Å². The number of nitrogens with two attached hydrogens (primary N) is 1. The highest BCUT2D eigenvalue weighted by Crippen LogP contribution is 2.07. The van der Waals surface area contributed by atoms with Gasteiger partial charge in [-0.05, 0) is 19.4 Å². The zero-order chi connectivity index (χ0) is 14.1. The normalized spacial score (nSPS) is 16.6. The first-order valence-electron chi connectivity index (χ1n) is 7.05. The number of carboxylic acid groups (broad SMARTS) is 1. The molecule has 0 bridgehead atoms. The molecule has 1 rings (SSSR count). The van der Waals surface area contributed by atoms with Crippen molar-refractivity contribution in [3.63, 3.8) is 0 Å². The summed E-state index contributed by atoms with van der Waals surface area (Å²) in [5, 5.41) is 8.63. The van der Waals surface area contributed by atoms with E-state index >= 15 is 0 Å². The number of hydrogen-bond donors (Lipinski definition) is 2. The van der Waals surface area contributed by atoms with Gasteiger partial charge in [0.25, 0.3) is 0 Å². The Labute approximate surface area is 114 Å². The van der Waals surface area contributed by atoms with Crippen molar-refractivity contribution in [3.05, 3.63) is 0 Å². The summed E-state index contributed by atoms with van der Waals surface area (Å²) in [4.78, 5) is 26.4. The highest BCUT2D eigenvalue weighted by molar-refractivity contribution is 5.76. The SMILES string of the molecule is NCCCCCC(=O)N1CCN(CCC(=O)O)CC1. The minimum absolute atomic E-state index is 0.174. The Balaban J connectivity index is 2.14. The van der Waals surface area contributed by atoms with E-state index in [2.05, 4.69) is 4.90 Å². The van der Waals surface area contributed by atoms with E-state index in [1.54, 1.807) is 0 Å². The molecule has 0 aliphatic carbocycles. The quantitative estimate of drug-likeness (QED) is 0.613. The molecule has 0 spiro atoms. The Kier molecular flexibility index (Phi) is 7.43. The van der Waals surface area contributed by atoms with E-state index < -0.39 is 5.97 Å². The lowest BCUT2D eigenvalue weighted by Crippen LogP contribution is -2.49. The molecular formula is C13H25N3O3. The van der Waals surface area contributed by atoms with Crippen molar-refractivity contribution in [1.29, 1.82) is 0 Å². The first kappa shape index (κ1) is 15.9. The molecule has 0 aromatic rings. The van der Waals surface area contributed by atoms with E-state index in [-0.39, 0.29) is 12.3 Å². The van der Waals surface area contributed by atoms with Gasteiger partial charge in [0.15, 0.2) is 0 Å². The highest BCUT2D eigenvalue weighted by atomic mass is 16.4. The van der Waals surface area contributed by atoms with Crippen LogP contribution in [0.5, 0.6) is 0 Å². The van der Waals surface area contributed by atoms with Gasteiger partial charge < -0.3 is 15.7 Å². The van der Waals surface area contributed by atoms with Crippen LogP contribution in [0, 0.1) is 0 Å². The van der Waals surface area contributed by atoms with E-state index in [0.717, 1.165) is 45.4 Å². The molecule has 6 nitrogen and oxygen atoms in total. The lowest BCUT2D eigenvalue weighted by molar-refractivity contribution is -0.138. The zero-order valence-corrected chi connectivity index (χ0v) is 11.5. The van der Waals surface area contributed by atoms with E-state index in [4.69, 9.17) is 10.8 Å². The second-order valence-corrected chi connectivity index (χ2v) is 4.97. The van der Waals surface area contributed by atoms with E-state index in [9.17, 15) is 9.59 Å². The van der Waals surface area contributed by atoms with Crippen molar-refractivity contribution < 1.29 is 14.7 Å². The van der Waals surface area contributed by atoms with Crippen LogP contribution >= 0.6 is 0 Å². The predicted molar refractivity (Wildman–Crippen MR) is 72.8 cm³/mol. The number of carboxylic acids is 1. The maximum Gasteiger partial charge on any atom is 0.304 e.